The predicted octanol–water partition coefficient (Wildman–Crippen LogP) is 4.72. The van der Waals surface area contributed by atoms with Crippen molar-refractivity contribution in [3.63, 3.8) is 0 Å². The Hall–Kier alpha value is -1.10. The Morgan fingerprint density at radius 3 is 2.40 bits per heavy atom. The van der Waals surface area contributed by atoms with E-state index in [1.54, 1.807) is 0 Å². The maximum absolute atomic E-state index is 12.5. The van der Waals surface area contributed by atoms with E-state index in [9.17, 15) is 13.2 Å². The lowest BCUT2D eigenvalue weighted by Crippen LogP contribution is -2.22. The van der Waals surface area contributed by atoms with Gasteiger partial charge in [-0.3, -0.25) is 4.98 Å². The molecule has 1 unspecified atom stereocenters. The molecule has 1 N–H and O–H groups in total. The fraction of sp³-hybridized carbons (Fsp3) is 0.667. The molecular weight excluding hydrogens is 265 g/mol. The van der Waals surface area contributed by atoms with Crippen LogP contribution in [-0.4, -0.2) is 11.5 Å². The van der Waals surface area contributed by atoms with Gasteiger partial charge in [0.05, 0.1) is 11.3 Å². The van der Waals surface area contributed by atoms with Crippen LogP contribution in [0, 0.1) is 0 Å². The van der Waals surface area contributed by atoms with Gasteiger partial charge in [0.1, 0.15) is 0 Å². The molecule has 0 aliphatic carbocycles. The second-order valence-corrected chi connectivity index (χ2v) is 4.93. The monoisotopic (exact) mass is 288 g/mol. The summed E-state index contributed by atoms with van der Waals surface area (Å²) in [7, 11) is 0. The summed E-state index contributed by atoms with van der Waals surface area (Å²) in [5.74, 6) is 0. The van der Waals surface area contributed by atoms with Gasteiger partial charge in [0, 0.05) is 12.2 Å². The Labute approximate surface area is 118 Å². The fourth-order valence-corrected chi connectivity index (χ4v) is 2.16. The van der Waals surface area contributed by atoms with Gasteiger partial charge in [0.2, 0.25) is 0 Å². The minimum atomic E-state index is -4.32. The second kappa shape index (κ2) is 8.25. The van der Waals surface area contributed by atoms with E-state index in [0.29, 0.717) is 5.69 Å². The summed E-state index contributed by atoms with van der Waals surface area (Å²) >= 11 is 0. The average molecular weight is 288 g/mol. The van der Waals surface area contributed by atoms with Gasteiger partial charge in [0.25, 0.3) is 0 Å². The molecule has 2 nitrogen and oxygen atoms in total. The van der Waals surface area contributed by atoms with Crippen molar-refractivity contribution in [1.29, 1.82) is 0 Å². The molecule has 0 aromatic carbocycles. The van der Waals surface area contributed by atoms with E-state index >= 15 is 0 Å². The Morgan fingerprint density at radius 2 is 1.90 bits per heavy atom. The lowest BCUT2D eigenvalue weighted by Gasteiger charge is -2.18. The normalized spacial score (nSPS) is 13.4. The van der Waals surface area contributed by atoms with E-state index in [0.717, 1.165) is 38.1 Å². The van der Waals surface area contributed by atoms with E-state index in [1.165, 1.54) is 18.9 Å². The van der Waals surface area contributed by atoms with Crippen molar-refractivity contribution in [2.45, 2.75) is 58.2 Å². The van der Waals surface area contributed by atoms with Gasteiger partial charge in [-0.25, -0.2) is 0 Å². The minimum absolute atomic E-state index is 0.0409. The van der Waals surface area contributed by atoms with E-state index in [1.807, 2.05) is 6.92 Å². The number of pyridine rings is 1. The molecule has 114 valence electrons. The van der Waals surface area contributed by atoms with Crippen LogP contribution in [-0.2, 0) is 6.18 Å². The molecule has 0 radical (unpaired) electrons. The fourth-order valence-electron chi connectivity index (χ4n) is 2.16. The number of nitrogens with zero attached hydrogens (tertiary/aromatic N) is 1. The van der Waals surface area contributed by atoms with Gasteiger partial charge in [-0.05, 0) is 25.1 Å². The summed E-state index contributed by atoms with van der Waals surface area (Å²) in [5, 5.41) is 3.29. The van der Waals surface area contributed by atoms with Crippen molar-refractivity contribution in [2.24, 2.45) is 0 Å². The molecule has 1 aromatic heterocycles. The van der Waals surface area contributed by atoms with Crippen LogP contribution in [0.25, 0.3) is 0 Å². The number of rotatable bonds is 8. The molecular formula is C15H23F3N2. The maximum Gasteiger partial charge on any atom is 0.417 e. The first-order chi connectivity index (χ1) is 9.49. The smallest absolute Gasteiger partial charge is 0.309 e. The third kappa shape index (κ3) is 5.49. The largest absolute Gasteiger partial charge is 0.417 e. The van der Waals surface area contributed by atoms with Crippen LogP contribution < -0.4 is 5.32 Å². The van der Waals surface area contributed by atoms with Gasteiger partial charge in [-0.15, -0.1) is 0 Å². The van der Waals surface area contributed by atoms with E-state index in [2.05, 4.69) is 17.2 Å². The van der Waals surface area contributed by atoms with Crippen molar-refractivity contribution >= 4 is 0 Å². The molecule has 0 aliphatic rings. The highest BCUT2D eigenvalue weighted by molar-refractivity contribution is 5.19. The summed E-state index contributed by atoms with van der Waals surface area (Å²) in [6.45, 7) is 4.92. The number of hydrogen-bond donors (Lipinski definition) is 1. The Balaban J connectivity index is 2.66. The van der Waals surface area contributed by atoms with E-state index in [4.69, 9.17) is 0 Å². The Bertz CT molecular complexity index is 374. The van der Waals surface area contributed by atoms with Gasteiger partial charge < -0.3 is 5.32 Å². The molecule has 0 bridgehead atoms. The summed E-state index contributed by atoms with van der Waals surface area (Å²) in [4.78, 5) is 3.98. The zero-order chi connectivity index (χ0) is 15.0. The van der Waals surface area contributed by atoms with Crippen LogP contribution in [0.5, 0.6) is 0 Å². The number of unbranched alkanes of at least 4 members (excludes halogenated alkanes) is 3. The van der Waals surface area contributed by atoms with Gasteiger partial charge in [-0.2, -0.15) is 13.2 Å². The number of aromatic nitrogens is 1. The summed E-state index contributed by atoms with van der Waals surface area (Å²) in [5.41, 5.74) is -0.00108. The van der Waals surface area contributed by atoms with Crippen molar-refractivity contribution in [2.75, 3.05) is 6.54 Å². The highest BCUT2D eigenvalue weighted by atomic mass is 19.4. The standard InChI is InChI=1S/C15H23F3N2/c1-3-5-6-7-8-13(19-4-2)14-10-9-12(11-20-14)15(16,17)18/h9-11,13,19H,3-8H2,1-2H3. The lowest BCUT2D eigenvalue weighted by molar-refractivity contribution is -0.137. The van der Waals surface area contributed by atoms with Crippen molar-refractivity contribution in [3.8, 4) is 0 Å². The zero-order valence-corrected chi connectivity index (χ0v) is 12.1. The summed E-state index contributed by atoms with van der Waals surface area (Å²) in [6, 6.07) is 2.63. The Kier molecular flexibility index (Phi) is 6.99. The molecule has 0 saturated heterocycles. The second-order valence-electron chi connectivity index (χ2n) is 4.93. The first kappa shape index (κ1) is 17.0. The van der Waals surface area contributed by atoms with Crippen LogP contribution in [0.4, 0.5) is 13.2 Å². The molecule has 1 aromatic rings. The first-order valence-corrected chi connectivity index (χ1v) is 7.25. The molecule has 0 saturated carbocycles. The quantitative estimate of drug-likeness (QED) is 0.700. The molecule has 1 atom stereocenters. The van der Waals surface area contributed by atoms with Crippen molar-refractivity contribution in [1.82, 2.24) is 10.3 Å². The third-order valence-corrected chi connectivity index (χ3v) is 3.27. The Morgan fingerprint density at radius 1 is 1.15 bits per heavy atom. The molecule has 1 heterocycles. The van der Waals surface area contributed by atoms with Gasteiger partial charge in [0.15, 0.2) is 0 Å². The predicted molar refractivity (Wildman–Crippen MR) is 74.4 cm³/mol. The molecule has 0 spiro atoms. The molecule has 5 heteroatoms. The molecule has 0 amide bonds. The highest BCUT2D eigenvalue weighted by Gasteiger charge is 2.30. The maximum atomic E-state index is 12.5. The van der Waals surface area contributed by atoms with Crippen LogP contribution in [0.3, 0.4) is 0 Å². The SMILES string of the molecule is CCCCCCC(NCC)c1ccc(C(F)(F)F)cn1. The van der Waals surface area contributed by atoms with E-state index < -0.39 is 11.7 Å². The number of halogens is 3. The van der Waals surface area contributed by atoms with Crippen LogP contribution >= 0.6 is 0 Å². The highest BCUT2D eigenvalue weighted by Crippen LogP contribution is 2.29. The number of hydrogen-bond acceptors (Lipinski definition) is 2. The van der Waals surface area contributed by atoms with Gasteiger partial charge >= 0.3 is 6.18 Å². The molecule has 0 aliphatic heterocycles. The van der Waals surface area contributed by atoms with Crippen LogP contribution in [0.15, 0.2) is 18.3 Å². The van der Waals surface area contributed by atoms with Crippen LogP contribution in [0.1, 0.15) is 63.3 Å². The topological polar surface area (TPSA) is 24.9 Å². The molecule has 20 heavy (non-hydrogen) atoms. The van der Waals surface area contributed by atoms with Crippen LogP contribution in [0.2, 0.25) is 0 Å². The zero-order valence-electron chi connectivity index (χ0n) is 12.1. The number of nitrogens with one attached hydrogen (secondary N) is 1. The van der Waals surface area contributed by atoms with Gasteiger partial charge in [-0.1, -0.05) is 39.5 Å². The molecule has 1 rings (SSSR count). The molecule has 0 fully saturated rings. The van der Waals surface area contributed by atoms with Crippen molar-refractivity contribution in [3.05, 3.63) is 29.6 Å². The van der Waals surface area contributed by atoms with E-state index in [-0.39, 0.29) is 6.04 Å². The van der Waals surface area contributed by atoms with Crippen molar-refractivity contribution < 1.29 is 13.2 Å². The minimum Gasteiger partial charge on any atom is -0.309 e. The average Bonchev–Trinajstić information content (AvgIpc) is 2.41. The summed E-state index contributed by atoms with van der Waals surface area (Å²) < 4.78 is 37.5. The first-order valence-electron chi connectivity index (χ1n) is 7.25. The lowest BCUT2D eigenvalue weighted by atomic mass is 10.0. The number of alkyl halides is 3. The summed E-state index contributed by atoms with van der Waals surface area (Å²) in [6.07, 6.45) is 2.09. The third-order valence-electron chi connectivity index (χ3n) is 3.27.